The number of aromatic nitrogens is 1. The molecule has 8 heteroatoms. The Morgan fingerprint density at radius 1 is 1.39 bits per heavy atom. The third kappa shape index (κ3) is 3.24. The molecule has 1 saturated carbocycles. The van der Waals surface area contributed by atoms with Gasteiger partial charge in [-0.1, -0.05) is 0 Å². The van der Waals surface area contributed by atoms with Gasteiger partial charge in [0, 0.05) is 42.1 Å². The molecule has 0 radical (unpaired) electrons. The van der Waals surface area contributed by atoms with Crippen molar-refractivity contribution in [2.75, 3.05) is 32.8 Å². The van der Waals surface area contributed by atoms with Crippen LogP contribution in [0.15, 0.2) is 24.5 Å². The zero-order chi connectivity index (χ0) is 19.3. The second kappa shape index (κ2) is 6.70. The summed E-state index contributed by atoms with van der Waals surface area (Å²) in [5, 5.41) is 4.04. The van der Waals surface area contributed by atoms with Gasteiger partial charge in [-0.2, -0.15) is 0 Å². The van der Waals surface area contributed by atoms with E-state index in [2.05, 4.69) is 10.3 Å². The van der Waals surface area contributed by atoms with Crippen LogP contribution in [0.25, 0.3) is 10.1 Å². The molecular weight excluding hydrogens is 378 g/mol. The topological polar surface area (TPSA) is 80.8 Å². The van der Waals surface area contributed by atoms with E-state index in [9.17, 15) is 9.59 Å². The average Bonchev–Trinajstić information content (AvgIpc) is 3.05. The van der Waals surface area contributed by atoms with Gasteiger partial charge in [0.05, 0.1) is 18.1 Å². The molecule has 4 heterocycles. The number of carbonyl (C=O) groups is 2. The van der Waals surface area contributed by atoms with E-state index in [0.717, 1.165) is 34.5 Å². The van der Waals surface area contributed by atoms with Gasteiger partial charge in [0.1, 0.15) is 0 Å². The lowest BCUT2D eigenvalue weighted by atomic mass is 10.1. The van der Waals surface area contributed by atoms with E-state index in [0.29, 0.717) is 37.5 Å². The Morgan fingerprint density at radius 3 is 2.86 bits per heavy atom. The normalized spacial score (nSPS) is 27.2. The van der Waals surface area contributed by atoms with E-state index in [1.165, 1.54) is 11.3 Å². The fourth-order valence-electron chi connectivity index (χ4n) is 4.39. The van der Waals surface area contributed by atoms with Crippen molar-refractivity contribution in [2.24, 2.45) is 17.8 Å². The summed E-state index contributed by atoms with van der Waals surface area (Å²) in [4.78, 5) is 31.3. The molecule has 2 amide bonds. The summed E-state index contributed by atoms with van der Waals surface area (Å²) in [6, 6.07) is 3.82. The van der Waals surface area contributed by atoms with E-state index in [1.807, 2.05) is 24.0 Å². The number of hydrogen-bond acceptors (Lipinski definition) is 6. The molecule has 1 aliphatic carbocycles. The van der Waals surface area contributed by atoms with Gasteiger partial charge >= 0.3 is 6.09 Å². The molecule has 2 atom stereocenters. The lowest BCUT2D eigenvalue weighted by molar-refractivity contribution is -0.171. The number of amides is 2. The monoisotopic (exact) mass is 401 g/mol. The molecule has 2 aromatic heterocycles. The first-order chi connectivity index (χ1) is 13.5. The van der Waals surface area contributed by atoms with Gasteiger partial charge in [-0.05, 0) is 43.2 Å². The summed E-state index contributed by atoms with van der Waals surface area (Å²) in [5.41, 5.74) is -0.448. The number of carbonyl (C=O) groups excluding carboxylic acids is 2. The Balaban J connectivity index is 1.06. The molecule has 3 aliphatic rings. The largest absolute Gasteiger partial charge is 0.438 e. The third-order valence-electron chi connectivity index (χ3n) is 6.08. The second-order valence-corrected chi connectivity index (χ2v) is 9.36. The molecule has 7 nitrogen and oxygen atoms in total. The molecule has 28 heavy (non-hydrogen) atoms. The molecule has 0 aromatic carbocycles. The Kier molecular flexibility index (Phi) is 4.28. The second-order valence-electron chi connectivity index (χ2n) is 8.28. The van der Waals surface area contributed by atoms with Crippen LogP contribution in [0.3, 0.4) is 0 Å². The number of likely N-dealkylation sites (tertiary alicyclic amines) is 1. The number of nitrogens with zero attached hydrogens (tertiary/aromatic N) is 2. The van der Waals surface area contributed by atoms with E-state index >= 15 is 0 Å². The number of fused-ring (bicyclic) bond motifs is 2. The fourth-order valence-corrected chi connectivity index (χ4v) is 5.33. The number of nitrogens with one attached hydrogen (secondary N) is 1. The summed E-state index contributed by atoms with van der Waals surface area (Å²) in [6.45, 7) is 5.08. The highest BCUT2D eigenvalue weighted by atomic mass is 32.1. The van der Waals surface area contributed by atoms with Crippen molar-refractivity contribution in [3.8, 4) is 0 Å². The minimum absolute atomic E-state index is 0.0202. The molecule has 5 rings (SSSR count). The van der Waals surface area contributed by atoms with Crippen molar-refractivity contribution in [1.29, 1.82) is 0 Å². The maximum absolute atomic E-state index is 12.4. The standard InChI is InChI=1S/C20H23N3O4S/c1-20(10-26-11-20)27-19(25)23-8-14-13(15(14)9-23)2-5-22-18(24)17-6-12-7-21-4-3-16(12)28-17/h3-4,6-7,13-15H,2,5,8-11H2,1H3,(H,22,24). The van der Waals surface area contributed by atoms with Gasteiger partial charge in [-0.15, -0.1) is 11.3 Å². The predicted molar refractivity (Wildman–Crippen MR) is 104 cm³/mol. The van der Waals surface area contributed by atoms with Crippen LogP contribution < -0.4 is 5.32 Å². The fraction of sp³-hybridized carbons (Fsp3) is 0.550. The third-order valence-corrected chi connectivity index (χ3v) is 7.20. The minimum Gasteiger partial charge on any atom is -0.438 e. The number of thiophene rings is 1. The van der Waals surface area contributed by atoms with Crippen LogP contribution in [0.1, 0.15) is 23.0 Å². The molecule has 148 valence electrons. The van der Waals surface area contributed by atoms with Crippen molar-refractivity contribution >= 4 is 33.4 Å². The lowest BCUT2D eigenvalue weighted by Crippen LogP contribution is -2.52. The SMILES string of the molecule is CC1(OC(=O)N2CC3C(CCNC(=O)c4cc5cnccc5s4)C3C2)COC1. The van der Waals surface area contributed by atoms with Gasteiger partial charge in [0.15, 0.2) is 5.60 Å². The Morgan fingerprint density at radius 2 is 2.18 bits per heavy atom. The number of hydrogen-bond donors (Lipinski definition) is 1. The van der Waals surface area contributed by atoms with E-state index in [4.69, 9.17) is 9.47 Å². The molecule has 0 bridgehead atoms. The van der Waals surface area contributed by atoms with Gasteiger partial charge in [-0.3, -0.25) is 9.78 Å². The van der Waals surface area contributed by atoms with Crippen LogP contribution in [0, 0.1) is 17.8 Å². The van der Waals surface area contributed by atoms with Crippen molar-refractivity contribution in [1.82, 2.24) is 15.2 Å². The van der Waals surface area contributed by atoms with Gasteiger partial charge in [0.25, 0.3) is 5.91 Å². The highest BCUT2D eigenvalue weighted by Crippen LogP contribution is 2.53. The van der Waals surface area contributed by atoms with Crippen LogP contribution in [0.4, 0.5) is 4.79 Å². The zero-order valence-electron chi connectivity index (χ0n) is 15.7. The molecule has 2 unspecified atom stereocenters. The van der Waals surface area contributed by atoms with E-state index < -0.39 is 5.60 Å². The first-order valence-corrected chi connectivity index (χ1v) is 10.5. The molecule has 2 aliphatic heterocycles. The van der Waals surface area contributed by atoms with E-state index in [1.54, 1.807) is 12.4 Å². The van der Waals surface area contributed by atoms with E-state index in [-0.39, 0.29) is 12.0 Å². The van der Waals surface area contributed by atoms with Crippen molar-refractivity contribution in [2.45, 2.75) is 18.9 Å². The van der Waals surface area contributed by atoms with Crippen LogP contribution >= 0.6 is 11.3 Å². The maximum Gasteiger partial charge on any atom is 0.410 e. The minimum atomic E-state index is -0.448. The highest BCUT2D eigenvalue weighted by Gasteiger charge is 2.56. The summed E-state index contributed by atoms with van der Waals surface area (Å²) in [7, 11) is 0. The van der Waals surface area contributed by atoms with Crippen LogP contribution in [0.2, 0.25) is 0 Å². The summed E-state index contributed by atoms with van der Waals surface area (Å²) in [5.74, 6) is 1.67. The zero-order valence-corrected chi connectivity index (χ0v) is 16.5. The van der Waals surface area contributed by atoms with Crippen LogP contribution in [-0.4, -0.2) is 60.3 Å². The number of rotatable bonds is 5. The maximum atomic E-state index is 12.4. The van der Waals surface area contributed by atoms with Gasteiger partial charge in [0.2, 0.25) is 0 Å². The smallest absolute Gasteiger partial charge is 0.410 e. The average molecular weight is 401 g/mol. The number of pyridine rings is 1. The Hall–Kier alpha value is -2.19. The number of piperidine rings is 1. The van der Waals surface area contributed by atoms with Gasteiger partial charge < -0.3 is 19.7 Å². The first-order valence-electron chi connectivity index (χ1n) is 9.70. The van der Waals surface area contributed by atoms with Gasteiger partial charge in [-0.25, -0.2) is 4.79 Å². The molecule has 2 saturated heterocycles. The predicted octanol–water partition coefficient (Wildman–Crippen LogP) is 2.52. The van der Waals surface area contributed by atoms with Crippen molar-refractivity contribution in [3.63, 3.8) is 0 Å². The molecule has 3 fully saturated rings. The molecule has 2 aromatic rings. The highest BCUT2D eigenvalue weighted by molar-refractivity contribution is 7.20. The summed E-state index contributed by atoms with van der Waals surface area (Å²) < 4.78 is 11.8. The number of ether oxygens (including phenoxy) is 2. The first kappa shape index (κ1) is 17.9. The van der Waals surface area contributed by atoms with Crippen molar-refractivity contribution in [3.05, 3.63) is 29.4 Å². The quantitative estimate of drug-likeness (QED) is 0.833. The Labute approximate surface area is 167 Å². The summed E-state index contributed by atoms with van der Waals surface area (Å²) >= 11 is 1.49. The molecular formula is C20H23N3O4S. The van der Waals surface area contributed by atoms with Crippen molar-refractivity contribution < 1.29 is 19.1 Å². The molecule has 0 spiro atoms. The summed E-state index contributed by atoms with van der Waals surface area (Å²) in [6.07, 6.45) is 4.26. The van der Waals surface area contributed by atoms with Crippen LogP contribution in [0.5, 0.6) is 0 Å². The molecule has 1 N–H and O–H groups in total. The van der Waals surface area contributed by atoms with Crippen LogP contribution in [-0.2, 0) is 9.47 Å². The lowest BCUT2D eigenvalue weighted by Gasteiger charge is -2.38. The Bertz CT molecular complexity index is 880.